The highest BCUT2D eigenvalue weighted by Crippen LogP contribution is 2.51. The Labute approximate surface area is 72.6 Å². The number of sulfone groups is 1. The quantitative estimate of drug-likeness (QED) is 0.523. The summed E-state index contributed by atoms with van der Waals surface area (Å²) in [4.78, 5) is 0. The third kappa shape index (κ3) is 0.777. The Hall–Kier alpha value is -0.310. The molecule has 2 aliphatic carbocycles. The summed E-state index contributed by atoms with van der Waals surface area (Å²) in [6.45, 7) is 0. The topological polar surface area (TPSA) is 34.1 Å². The highest BCUT2D eigenvalue weighted by Gasteiger charge is 2.51. The lowest BCUT2D eigenvalue weighted by molar-refractivity contribution is 0.395. The third-order valence-corrected chi connectivity index (χ3v) is 5.48. The van der Waals surface area contributed by atoms with Crippen molar-refractivity contribution in [2.24, 2.45) is 23.7 Å². The molecule has 1 heterocycles. The third-order valence-electron chi connectivity index (χ3n) is 3.69. The summed E-state index contributed by atoms with van der Waals surface area (Å²) < 4.78 is 22.7. The molecule has 3 rings (SSSR count). The molecular formula is C9H12O2S. The number of rotatable bonds is 0. The molecule has 0 spiro atoms. The molecule has 0 N–H and O–H groups in total. The van der Waals surface area contributed by atoms with E-state index in [2.05, 4.69) is 12.2 Å². The number of fused-ring (bicyclic) bond motifs is 5. The lowest BCUT2D eigenvalue weighted by Gasteiger charge is -2.17. The van der Waals surface area contributed by atoms with E-state index in [9.17, 15) is 8.42 Å². The first kappa shape index (κ1) is 7.13. The van der Waals surface area contributed by atoms with E-state index in [0.29, 0.717) is 35.2 Å². The summed E-state index contributed by atoms with van der Waals surface area (Å²) in [7, 11) is -2.67. The maximum absolute atomic E-state index is 11.3. The lowest BCUT2D eigenvalue weighted by atomic mass is 9.86. The summed E-state index contributed by atoms with van der Waals surface area (Å²) >= 11 is 0. The van der Waals surface area contributed by atoms with Gasteiger partial charge in [0.2, 0.25) is 0 Å². The number of allylic oxidation sites excluding steroid dienone is 2. The van der Waals surface area contributed by atoms with Gasteiger partial charge in [0.05, 0.1) is 11.5 Å². The van der Waals surface area contributed by atoms with Crippen molar-refractivity contribution in [3.63, 3.8) is 0 Å². The van der Waals surface area contributed by atoms with Crippen molar-refractivity contribution in [3.05, 3.63) is 12.2 Å². The molecule has 0 aromatic rings. The van der Waals surface area contributed by atoms with Gasteiger partial charge in [0.1, 0.15) is 0 Å². The van der Waals surface area contributed by atoms with Crippen LogP contribution in [0.2, 0.25) is 0 Å². The van der Waals surface area contributed by atoms with E-state index in [1.807, 2.05) is 0 Å². The van der Waals surface area contributed by atoms with Crippen molar-refractivity contribution in [2.75, 3.05) is 11.5 Å². The SMILES string of the molecule is O=S1(=O)C[C@H]2[C@H](C1)[C@H]1C=C[C@H]2C1. The van der Waals surface area contributed by atoms with Crippen LogP contribution in [-0.2, 0) is 9.84 Å². The molecule has 2 fully saturated rings. The van der Waals surface area contributed by atoms with Crippen molar-refractivity contribution in [1.82, 2.24) is 0 Å². The predicted molar refractivity (Wildman–Crippen MR) is 46.4 cm³/mol. The van der Waals surface area contributed by atoms with Crippen molar-refractivity contribution in [3.8, 4) is 0 Å². The molecule has 0 aromatic carbocycles. The van der Waals surface area contributed by atoms with E-state index in [0.717, 1.165) is 0 Å². The van der Waals surface area contributed by atoms with Gasteiger partial charge in [0, 0.05) is 0 Å². The Balaban J connectivity index is 2.01. The second-order valence-electron chi connectivity index (χ2n) is 4.35. The minimum atomic E-state index is -2.67. The lowest BCUT2D eigenvalue weighted by Crippen LogP contribution is -2.16. The Morgan fingerprint density at radius 1 is 1.00 bits per heavy atom. The molecule has 0 amide bonds. The van der Waals surface area contributed by atoms with Gasteiger partial charge in [-0.2, -0.15) is 0 Å². The molecule has 0 aromatic heterocycles. The maximum atomic E-state index is 11.3. The zero-order chi connectivity index (χ0) is 8.34. The fraction of sp³-hybridized carbons (Fsp3) is 0.778. The van der Waals surface area contributed by atoms with E-state index in [4.69, 9.17) is 0 Å². The number of hydrogen-bond donors (Lipinski definition) is 0. The molecule has 0 radical (unpaired) electrons. The molecule has 0 unspecified atom stereocenters. The van der Waals surface area contributed by atoms with E-state index in [1.54, 1.807) is 0 Å². The van der Waals surface area contributed by atoms with E-state index in [1.165, 1.54) is 6.42 Å². The van der Waals surface area contributed by atoms with Gasteiger partial charge in [0.15, 0.2) is 9.84 Å². The maximum Gasteiger partial charge on any atom is 0.150 e. The molecular weight excluding hydrogens is 172 g/mol. The molecule has 1 saturated carbocycles. The van der Waals surface area contributed by atoms with Crippen LogP contribution in [0.4, 0.5) is 0 Å². The molecule has 1 aliphatic heterocycles. The van der Waals surface area contributed by atoms with Gasteiger partial charge >= 0.3 is 0 Å². The smallest absolute Gasteiger partial charge is 0.150 e. The first-order valence-corrected chi connectivity index (χ1v) is 6.37. The van der Waals surface area contributed by atoms with E-state index >= 15 is 0 Å². The second kappa shape index (κ2) is 1.95. The van der Waals surface area contributed by atoms with Crippen LogP contribution in [0.5, 0.6) is 0 Å². The highest BCUT2D eigenvalue weighted by molar-refractivity contribution is 7.91. The molecule has 12 heavy (non-hydrogen) atoms. The van der Waals surface area contributed by atoms with Gasteiger partial charge in [-0.1, -0.05) is 12.2 Å². The Morgan fingerprint density at radius 3 is 2.00 bits per heavy atom. The summed E-state index contributed by atoms with van der Waals surface area (Å²) in [5.74, 6) is 3.07. The van der Waals surface area contributed by atoms with Crippen molar-refractivity contribution in [1.29, 1.82) is 0 Å². The largest absolute Gasteiger partial charge is 0.229 e. The second-order valence-corrected chi connectivity index (χ2v) is 6.51. The fourth-order valence-corrected chi connectivity index (χ4v) is 5.47. The molecule has 66 valence electrons. The van der Waals surface area contributed by atoms with Crippen LogP contribution in [0.3, 0.4) is 0 Å². The van der Waals surface area contributed by atoms with Crippen molar-refractivity contribution < 1.29 is 8.42 Å². The van der Waals surface area contributed by atoms with Crippen molar-refractivity contribution in [2.45, 2.75) is 6.42 Å². The first-order chi connectivity index (χ1) is 5.66. The van der Waals surface area contributed by atoms with Crippen LogP contribution in [0, 0.1) is 23.7 Å². The Kier molecular flexibility index (Phi) is 1.16. The fourth-order valence-electron chi connectivity index (χ4n) is 3.18. The summed E-state index contributed by atoms with van der Waals surface area (Å²) in [5.41, 5.74) is 0. The summed E-state index contributed by atoms with van der Waals surface area (Å²) in [5, 5.41) is 0. The van der Waals surface area contributed by atoms with Gasteiger partial charge in [-0.05, 0) is 30.1 Å². The molecule has 3 aliphatic rings. The summed E-state index contributed by atoms with van der Waals surface area (Å²) in [6.07, 6.45) is 5.68. The monoisotopic (exact) mass is 184 g/mol. The minimum absolute atomic E-state index is 0.461. The zero-order valence-corrected chi connectivity index (χ0v) is 7.63. The Morgan fingerprint density at radius 2 is 1.50 bits per heavy atom. The molecule has 4 atom stereocenters. The van der Waals surface area contributed by atoms with Crippen LogP contribution >= 0.6 is 0 Å². The zero-order valence-electron chi connectivity index (χ0n) is 6.81. The standard InChI is InChI=1S/C9H12O2S/c10-12(11)4-8-6-1-2-7(3-6)9(8)5-12/h1-2,6-9H,3-5H2/t6-,7-,8+,9+/m0/s1. The van der Waals surface area contributed by atoms with E-state index < -0.39 is 9.84 Å². The average Bonchev–Trinajstić information content (AvgIpc) is 2.54. The van der Waals surface area contributed by atoms with Crippen LogP contribution < -0.4 is 0 Å². The van der Waals surface area contributed by atoms with Crippen molar-refractivity contribution >= 4 is 9.84 Å². The van der Waals surface area contributed by atoms with E-state index in [-0.39, 0.29) is 0 Å². The highest BCUT2D eigenvalue weighted by atomic mass is 32.2. The first-order valence-electron chi connectivity index (χ1n) is 4.54. The van der Waals surface area contributed by atoms with Crippen LogP contribution in [0.15, 0.2) is 12.2 Å². The van der Waals surface area contributed by atoms with Gasteiger partial charge in [-0.3, -0.25) is 0 Å². The van der Waals surface area contributed by atoms with Crippen LogP contribution in [-0.4, -0.2) is 19.9 Å². The van der Waals surface area contributed by atoms with Gasteiger partial charge in [0.25, 0.3) is 0 Å². The minimum Gasteiger partial charge on any atom is -0.229 e. The molecule has 3 heteroatoms. The normalized spacial score (nSPS) is 53.0. The van der Waals surface area contributed by atoms with Crippen LogP contribution in [0.25, 0.3) is 0 Å². The molecule has 1 saturated heterocycles. The summed E-state index contributed by atoms with van der Waals surface area (Å²) in [6, 6.07) is 0. The molecule has 2 nitrogen and oxygen atoms in total. The average molecular weight is 184 g/mol. The van der Waals surface area contributed by atoms with Crippen LogP contribution in [0.1, 0.15) is 6.42 Å². The number of hydrogen-bond acceptors (Lipinski definition) is 2. The molecule has 2 bridgehead atoms. The van der Waals surface area contributed by atoms with Gasteiger partial charge in [-0.25, -0.2) is 8.42 Å². The van der Waals surface area contributed by atoms with Gasteiger partial charge < -0.3 is 0 Å². The predicted octanol–water partition coefficient (Wildman–Crippen LogP) is 0.853. The van der Waals surface area contributed by atoms with Gasteiger partial charge in [-0.15, -0.1) is 0 Å². The Bertz CT molecular complexity index is 316.